The number of rotatable bonds is 2. The fraction of sp³-hybridized carbons (Fsp3) is 0.833. The lowest BCUT2D eigenvalue weighted by molar-refractivity contribution is -0.151. The summed E-state index contributed by atoms with van der Waals surface area (Å²) in [4.78, 5) is 10.7. The molecule has 1 fully saturated rings. The summed E-state index contributed by atoms with van der Waals surface area (Å²) < 4.78 is 4.58. The van der Waals surface area contributed by atoms with Crippen molar-refractivity contribution in [2.75, 3.05) is 6.73 Å². The van der Waals surface area contributed by atoms with Crippen molar-refractivity contribution in [2.24, 2.45) is 11.7 Å². The summed E-state index contributed by atoms with van der Waals surface area (Å²) in [5.41, 5.74) is 5.00. The van der Waals surface area contributed by atoms with Crippen LogP contribution in [0.15, 0.2) is 0 Å². The molecule has 0 amide bonds. The van der Waals surface area contributed by atoms with E-state index in [4.69, 9.17) is 5.73 Å². The highest BCUT2D eigenvalue weighted by molar-refractivity contribution is 5.85. The predicted molar refractivity (Wildman–Crippen MR) is 39.7 cm³/mol. The maximum Gasteiger partial charge on any atom is 0.310 e. The molecular formula is C6H12ClNO2. The number of esters is 1. The minimum absolute atomic E-state index is 0. The van der Waals surface area contributed by atoms with Crippen molar-refractivity contribution < 1.29 is 9.53 Å². The molecule has 10 heavy (non-hydrogen) atoms. The molecule has 4 heteroatoms. The van der Waals surface area contributed by atoms with E-state index in [0.717, 1.165) is 19.3 Å². The van der Waals surface area contributed by atoms with Gasteiger partial charge in [0.2, 0.25) is 0 Å². The highest BCUT2D eigenvalue weighted by atomic mass is 35.5. The van der Waals surface area contributed by atoms with E-state index in [1.807, 2.05) is 0 Å². The first kappa shape index (κ1) is 9.72. The Hall–Kier alpha value is -0.280. The Morgan fingerprint density at radius 3 is 2.50 bits per heavy atom. The number of hydrogen-bond donors (Lipinski definition) is 1. The van der Waals surface area contributed by atoms with E-state index < -0.39 is 0 Å². The molecular weight excluding hydrogens is 154 g/mol. The number of nitrogens with two attached hydrogens (primary N) is 1. The third-order valence-electron chi connectivity index (χ3n) is 1.66. The molecule has 60 valence electrons. The standard InChI is InChI=1S/C6H11NO2.ClH/c7-4-9-6(8)5-2-1-3-5;/h5H,1-4,7H2;1H. The monoisotopic (exact) mass is 165 g/mol. The van der Waals surface area contributed by atoms with Gasteiger partial charge < -0.3 is 4.74 Å². The summed E-state index contributed by atoms with van der Waals surface area (Å²) >= 11 is 0. The highest BCUT2D eigenvalue weighted by Crippen LogP contribution is 2.26. The molecule has 0 radical (unpaired) electrons. The maximum absolute atomic E-state index is 10.7. The predicted octanol–water partition coefficient (Wildman–Crippen LogP) is 0.668. The van der Waals surface area contributed by atoms with Gasteiger partial charge in [0.05, 0.1) is 5.92 Å². The summed E-state index contributed by atoms with van der Waals surface area (Å²) in [6.45, 7) is 0.0231. The zero-order chi connectivity index (χ0) is 6.69. The van der Waals surface area contributed by atoms with Crippen molar-refractivity contribution in [1.29, 1.82) is 0 Å². The van der Waals surface area contributed by atoms with Crippen LogP contribution in [0.4, 0.5) is 0 Å². The molecule has 0 aliphatic heterocycles. The van der Waals surface area contributed by atoms with Crippen LogP contribution in [0.5, 0.6) is 0 Å². The zero-order valence-corrected chi connectivity index (χ0v) is 6.52. The fourth-order valence-corrected chi connectivity index (χ4v) is 0.844. The van der Waals surface area contributed by atoms with Gasteiger partial charge in [0.15, 0.2) is 0 Å². The van der Waals surface area contributed by atoms with Gasteiger partial charge >= 0.3 is 5.97 Å². The average Bonchev–Trinajstić information content (AvgIpc) is 1.60. The second-order valence-corrected chi connectivity index (χ2v) is 2.26. The highest BCUT2D eigenvalue weighted by Gasteiger charge is 2.25. The maximum atomic E-state index is 10.7. The van der Waals surface area contributed by atoms with Crippen molar-refractivity contribution in [2.45, 2.75) is 19.3 Å². The lowest BCUT2D eigenvalue weighted by atomic mass is 9.86. The van der Waals surface area contributed by atoms with E-state index in [0.29, 0.717) is 0 Å². The van der Waals surface area contributed by atoms with Gasteiger partial charge in [0, 0.05) is 0 Å². The molecule has 1 saturated carbocycles. The molecule has 3 nitrogen and oxygen atoms in total. The molecule has 0 unspecified atom stereocenters. The Labute approximate surface area is 66.3 Å². The molecule has 2 N–H and O–H groups in total. The van der Waals surface area contributed by atoms with Crippen LogP contribution < -0.4 is 5.73 Å². The van der Waals surface area contributed by atoms with E-state index in [1.54, 1.807) is 0 Å². The largest absolute Gasteiger partial charge is 0.450 e. The van der Waals surface area contributed by atoms with Gasteiger partial charge in [0.1, 0.15) is 6.73 Å². The van der Waals surface area contributed by atoms with Crippen LogP contribution in [0.2, 0.25) is 0 Å². The van der Waals surface area contributed by atoms with E-state index in [1.165, 1.54) is 0 Å². The lowest BCUT2D eigenvalue weighted by Gasteiger charge is -2.22. The Bertz CT molecular complexity index is 114. The topological polar surface area (TPSA) is 52.3 Å². The summed E-state index contributed by atoms with van der Waals surface area (Å²) in [6, 6.07) is 0. The van der Waals surface area contributed by atoms with E-state index in [9.17, 15) is 4.79 Å². The van der Waals surface area contributed by atoms with Gasteiger partial charge in [-0.15, -0.1) is 12.4 Å². The Morgan fingerprint density at radius 1 is 1.60 bits per heavy atom. The molecule has 0 bridgehead atoms. The second kappa shape index (κ2) is 4.52. The SMILES string of the molecule is Cl.NCOC(=O)C1CCC1. The normalized spacial score (nSPS) is 16.9. The van der Waals surface area contributed by atoms with Crippen molar-refractivity contribution in [1.82, 2.24) is 0 Å². The van der Waals surface area contributed by atoms with Crippen molar-refractivity contribution in [3.05, 3.63) is 0 Å². The molecule has 0 spiro atoms. The van der Waals surface area contributed by atoms with Crippen LogP contribution in [-0.2, 0) is 9.53 Å². The van der Waals surface area contributed by atoms with Gasteiger partial charge in [-0.3, -0.25) is 10.5 Å². The summed E-state index contributed by atoms with van der Waals surface area (Å²) in [5, 5.41) is 0. The van der Waals surface area contributed by atoms with Crippen LogP contribution in [-0.4, -0.2) is 12.7 Å². The number of halogens is 1. The van der Waals surface area contributed by atoms with E-state index in [-0.39, 0.29) is 31.0 Å². The first-order valence-corrected chi connectivity index (χ1v) is 3.21. The second-order valence-electron chi connectivity index (χ2n) is 2.26. The minimum Gasteiger partial charge on any atom is -0.450 e. The summed E-state index contributed by atoms with van der Waals surface area (Å²) in [7, 11) is 0. The number of ether oxygens (including phenoxy) is 1. The number of hydrogen-bond acceptors (Lipinski definition) is 3. The molecule has 0 heterocycles. The molecule has 0 saturated heterocycles. The van der Waals surface area contributed by atoms with Crippen LogP contribution in [0, 0.1) is 5.92 Å². The number of carbonyl (C=O) groups is 1. The Balaban J connectivity index is 0.000000810. The van der Waals surface area contributed by atoms with Crippen LogP contribution in [0.3, 0.4) is 0 Å². The molecule has 0 aromatic heterocycles. The number of carbonyl (C=O) groups excluding carboxylic acids is 1. The molecule has 1 rings (SSSR count). The first-order valence-electron chi connectivity index (χ1n) is 3.21. The van der Waals surface area contributed by atoms with Gasteiger partial charge in [0.25, 0.3) is 0 Å². The molecule has 0 atom stereocenters. The molecule has 1 aliphatic carbocycles. The van der Waals surface area contributed by atoms with Gasteiger partial charge in [-0.2, -0.15) is 0 Å². The van der Waals surface area contributed by atoms with Crippen LogP contribution >= 0.6 is 12.4 Å². The first-order chi connectivity index (χ1) is 4.34. The Morgan fingerprint density at radius 2 is 2.20 bits per heavy atom. The van der Waals surface area contributed by atoms with Crippen LogP contribution in [0.1, 0.15) is 19.3 Å². The third kappa shape index (κ3) is 2.15. The van der Waals surface area contributed by atoms with Crippen molar-refractivity contribution in [3.8, 4) is 0 Å². The van der Waals surface area contributed by atoms with Crippen molar-refractivity contribution >= 4 is 18.4 Å². The Kier molecular flexibility index (Phi) is 4.40. The average molecular weight is 166 g/mol. The zero-order valence-electron chi connectivity index (χ0n) is 5.71. The minimum atomic E-state index is -0.122. The van der Waals surface area contributed by atoms with Gasteiger partial charge in [-0.1, -0.05) is 6.42 Å². The lowest BCUT2D eigenvalue weighted by Crippen LogP contribution is -2.26. The third-order valence-corrected chi connectivity index (χ3v) is 1.66. The van der Waals surface area contributed by atoms with Crippen LogP contribution in [0.25, 0.3) is 0 Å². The molecule has 0 aromatic rings. The van der Waals surface area contributed by atoms with E-state index in [2.05, 4.69) is 4.74 Å². The van der Waals surface area contributed by atoms with E-state index >= 15 is 0 Å². The van der Waals surface area contributed by atoms with Gasteiger partial charge in [-0.05, 0) is 12.8 Å². The molecule has 0 aromatic carbocycles. The molecule has 1 aliphatic rings. The summed E-state index contributed by atoms with van der Waals surface area (Å²) in [5.74, 6) is 0.0392. The summed E-state index contributed by atoms with van der Waals surface area (Å²) in [6.07, 6.45) is 3.13. The quantitative estimate of drug-likeness (QED) is 0.483. The fourth-order valence-electron chi connectivity index (χ4n) is 0.844. The smallest absolute Gasteiger partial charge is 0.310 e. The van der Waals surface area contributed by atoms with Crippen molar-refractivity contribution in [3.63, 3.8) is 0 Å². The van der Waals surface area contributed by atoms with Gasteiger partial charge in [-0.25, -0.2) is 0 Å².